The average Bonchev–Trinajstić information content (AvgIpc) is 3.34. The minimum absolute atomic E-state index is 0.133. The van der Waals surface area contributed by atoms with Crippen LogP contribution in [-0.4, -0.2) is 71.4 Å². The van der Waals surface area contributed by atoms with Crippen molar-refractivity contribution in [3.63, 3.8) is 0 Å². The van der Waals surface area contributed by atoms with E-state index >= 15 is 0 Å². The number of hydrogen-bond acceptors (Lipinski definition) is 8. The average molecular weight is 464 g/mol. The molecular formula is C24H24N4O6. The number of amides is 2. The molecular weight excluding hydrogens is 440 g/mol. The molecule has 1 aromatic rings. The number of fused-ring (bicyclic) bond motifs is 4. The zero-order chi connectivity index (χ0) is 24.4. The van der Waals surface area contributed by atoms with Gasteiger partial charge in [0.25, 0.3) is 0 Å². The normalized spacial score (nSPS) is 29.5. The zero-order valence-electron chi connectivity index (χ0n) is 18.7. The van der Waals surface area contributed by atoms with Crippen LogP contribution in [0.2, 0.25) is 0 Å². The summed E-state index contributed by atoms with van der Waals surface area (Å²) in [6.45, 7) is 1.50. The number of primary amides is 1. The lowest BCUT2D eigenvalue weighted by molar-refractivity contribution is -0.151. The van der Waals surface area contributed by atoms with Crippen molar-refractivity contribution in [2.24, 2.45) is 17.4 Å². The molecule has 2 saturated heterocycles. The third-order valence-corrected chi connectivity index (χ3v) is 7.16. The molecule has 4 aliphatic rings. The third kappa shape index (κ3) is 2.84. The first-order valence-electron chi connectivity index (χ1n) is 10.8. The van der Waals surface area contributed by atoms with Crippen LogP contribution in [0.25, 0.3) is 6.08 Å². The van der Waals surface area contributed by atoms with Crippen molar-refractivity contribution >= 4 is 29.6 Å². The Labute approximate surface area is 195 Å². The molecule has 0 radical (unpaired) electrons. The Morgan fingerprint density at radius 2 is 1.91 bits per heavy atom. The van der Waals surface area contributed by atoms with Gasteiger partial charge in [0.05, 0.1) is 23.4 Å². The summed E-state index contributed by atoms with van der Waals surface area (Å²) < 4.78 is 11.1. The van der Waals surface area contributed by atoms with Crippen LogP contribution in [0.3, 0.4) is 0 Å². The summed E-state index contributed by atoms with van der Waals surface area (Å²) in [5.41, 5.74) is 11.1. The van der Waals surface area contributed by atoms with Crippen LogP contribution in [0.5, 0.6) is 0 Å². The van der Waals surface area contributed by atoms with Crippen molar-refractivity contribution < 1.29 is 28.7 Å². The highest BCUT2D eigenvalue weighted by Crippen LogP contribution is 2.59. The van der Waals surface area contributed by atoms with Crippen molar-refractivity contribution in [1.29, 1.82) is 0 Å². The SMILES string of the molecule is COC12C(COC(N)=O)C3=C(C(=O)C(C)=C(N)C3=O)N1CC1C2N1C(=O)/C=C/c1ccccc1. The Balaban J connectivity index is 1.50. The van der Waals surface area contributed by atoms with E-state index in [2.05, 4.69) is 0 Å². The maximum Gasteiger partial charge on any atom is 0.404 e. The van der Waals surface area contributed by atoms with E-state index in [4.69, 9.17) is 20.9 Å². The Morgan fingerprint density at radius 3 is 2.56 bits per heavy atom. The van der Waals surface area contributed by atoms with Crippen molar-refractivity contribution in [3.8, 4) is 0 Å². The van der Waals surface area contributed by atoms with Gasteiger partial charge in [0.2, 0.25) is 17.5 Å². The molecule has 34 heavy (non-hydrogen) atoms. The number of ketones is 2. The van der Waals surface area contributed by atoms with Gasteiger partial charge in [0, 0.05) is 30.9 Å². The third-order valence-electron chi connectivity index (χ3n) is 7.16. The molecule has 0 saturated carbocycles. The Bertz CT molecular complexity index is 1220. The first kappa shape index (κ1) is 21.9. The van der Waals surface area contributed by atoms with E-state index < -0.39 is 29.6 Å². The van der Waals surface area contributed by atoms with E-state index in [0.29, 0.717) is 6.54 Å². The monoisotopic (exact) mass is 464 g/mol. The number of allylic oxidation sites excluding steroid dienone is 2. The number of hydrogen-bond donors (Lipinski definition) is 2. The predicted molar refractivity (Wildman–Crippen MR) is 119 cm³/mol. The number of piperazine rings is 1. The van der Waals surface area contributed by atoms with E-state index in [1.807, 2.05) is 30.3 Å². The van der Waals surface area contributed by atoms with Gasteiger partial charge in [-0.2, -0.15) is 0 Å². The molecule has 0 spiro atoms. The van der Waals surface area contributed by atoms with Crippen LogP contribution in [-0.2, 0) is 23.9 Å². The molecule has 2 fully saturated rings. The molecule has 1 aliphatic carbocycles. The topological polar surface area (TPSA) is 145 Å². The molecule has 5 rings (SSSR count). The first-order valence-corrected chi connectivity index (χ1v) is 10.8. The van der Waals surface area contributed by atoms with Gasteiger partial charge in [-0.15, -0.1) is 0 Å². The smallest absolute Gasteiger partial charge is 0.404 e. The summed E-state index contributed by atoms with van der Waals surface area (Å²) in [5.74, 6) is -1.96. The van der Waals surface area contributed by atoms with E-state index in [1.165, 1.54) is 20.1 Å². The molecule has 3 aliphatic heterocycles. The Hall–Kier alpha value is -3.92. The highest BCUT2D eigenvalue weighted by molar-refractivity contribution is 6.25. The molecule has 4 unspecified atom stereocenters. The number of nitrogens with zero attached hydrogens (tertiary/aromatic N) is 2. The summed E-state index contributed by atoms with van der Waals surface area (Å²) in [6.07, 6.45) is 2.18. The van der Waals surface area contributed by atoms with Crippen molar-refractivity contribution in [2.75, 3.05) is 20.3 Å². The highest BCUT2D eigenvalue weighted by Gasteiger charge is 2.77. The molecule has 4 atom stereocenters. The fourth-order valence-corrected chi connectivity index (χ4v) is 5.60. The molecule has 10 nitrogen and oxygen atoms in total. The summed E-state index contributed by atoms with van der Waals surface area (Å²) in [6, 6.07) is 8.72. The summed E-state index contributed by atoms with van der Waals surface area (Å²) in [5, 5.41) is 0. The van der Waals surface area contributed by atoms with Gasteiger partial charge in [-0.1, -0.05) is 30.3 Å². The fourth-order valence-electron chi connectivity index (χ4n) is 5.60. The standard InChI is InChI=1S/C24H24N4O6/c1-12-18(25)21(31)17-14(11-34-23(26)32)24(33-2)22-15(10-27(24)19(17)20(12)30)28(22)16(29)9-8-13-6-4-3-5-7-13/h3-9,14-15,22H,10-11,25H2,1-2H3,(H2,26,32)/b9-8+. The van der Waals surface area contributed by atoms with Crippen LogP contribution < -0.4 is 11.5 Å². The van der Waals surface area contributed by atoms with E-state index in [9.17, 15) is 19.2 Å². The van der Waals surface area contributed by atoms with Crippen LogP contribution in [0.1, 0.15) is 12.5 Å². The van der Waals surface area contributed by atoms with Gasteiger partial charge in [-0.05, 0) is 18.6 Å². The Morgan fingerprint density at radius 1 is 1.21 bits per heavy atom. The summed E-state index contributed by atoms with van der Waals surface area (Å²) in [7, 11) is 1.45. The zero-order valence-corrected chi connectivity index (χ0v) is 18.7. The second-order valence-electron chi connectivity index (χ2n) is 8.71. The van der Waals surface area contributed by atoms with Gasteiger partial charge in [0.1, 0.15) is 12.6 Å². The number of benzene rings is 1. The van der Waals surface area contributed by atoms with E-state index in [-0.39, 0.29) is 46.9 Å². The minimum Gasteiger partial charge on any atom is -0.449 e. The first-order chi connectivity index (χ1) is 16.2. The van der Waals surface area contributed by atoms with Crippen LogP contribution in [0, 0.1) is 5.92 Å². The molecule has 2 amide bonds. The predicted octanol–water partition coefficient (Wildman–Crippen LogP) is 0.301. The largest absolute Gasteiger partial charge is 0.449 e. The van der Waals surface area contributed by atoms with Crippen molar-refractivity contribution in [1.82, 2.24) is 9.80 Å². The number of carbonyl (C=O) groups is 4. The lowest BCUT2D eigenvalue weighted by Crippen LogP contribution is -2.56. The van der Waals surface area contributed by atoms with Crippen molar-refractivity contribution in [3.05, 3.63) is 64.5 Å². The van der Waals surface area contributed by atoms with Gasteiger partial charge in [-0.3, -0.25) is 14.4 Å². The lowest BCUT2D eigenvalue weighted by Gasteiger charge is -2.40. The van der Waals surface area contributed by atoms with Gasteiger partial charge >= 0.3 is 6.09 Å². The number of Topliss-reactive ketones (excluding diaryl/α,β-unsaturated/α-hetero) is 2. The maximum atomic E-state index is 13.2. The summed E-state index contributed by atoms with van der Waals surface area (Å²) in [4.78, 5) is 54.2. The summed E-state index contributed by atoms with van der Waals surface area (Å²) >= 11 is 0. The molecule has 1 aromatic carbocycles. The number of carbonyl (C=O) groups excluding carboxylic acids is 4. The molecule has 0 bridgehead atoms. The Kier molecular flexibility index (Phi) is 4.87. The molecule has 176 valence electrons. The van der Waals surface area contributed by atoms with Gasteiger partial charge < -0.3 is 30.7 Å². The number of rotatable bonds is 5. The molecule has 3 heterocycles. The van der Waals surface area contributed by atoms with Crippen molar-refractivity contribution in [2.45, 2.75) is 24.7 Å². The second-order valence-corrected chi connectivity index (χ2v) is 8.71. The highest BCUT2D eigenvalue weighted by atomic mass is 16.6. The maximum absolute atomic E-state index is 13.2. The fraction of sp³-hybridized carbons (Fsp3) is 0.333. The lowest BCUT2D eigenvalue weighted by atomic mass is 9.82. The van der Waals surface area contributed by atoms with Crippen LogP contribution in [0.15, 0.2) is 58.9 Å². The van der Waals surface area contributed by atoms with E-state index in [0.717, 1.165) is 5.56 Å². The number of nitrogens with two attached hydrogens (primary N) is 2. The van der Waals surface area contributed by atoms with Crippen LogP contribution >= 0.6 is 0 Å². The number of methoxy groups -OCH3 is 1. The quantitative estimate of drug-likeness (QED) is 0.360. The van der Waals surface area contributed by atoms with Crippen LogP contribution in [0.4, 0.5) is 4.79 Å². The second kappa shape index (κ2) is 7.56. The number of ether oxygens (including phenoxy) is 2. The van der Waals surface area contributed by atoms with Gasteiger partial charge in [0.15, 0.2) is 5.72 Å². The molecule has 10 heteroatoms. The minimum atomic E-state index is -1.27. The molecule has 4 N–H and O–H groups in total. The van der Waals surface area contributed by atoms with E-state index in [1.54, 1.807) is 15.9 Å². The van der Waals surface area contributed by atoms with Gasteiger partial charge in [-0.25, -0.2) is 4.79 Å². The molecule has 0 aromatic heterocycles.